The van der Waals surface area contributed by atoms with Gasteiger partial charge < -0.3 is 9.80 Å². The lowest BCUT2D eigenvalue weighted by Crippen LogP contribution is -2.41. The molecule has 112 valence electrons. The topological polar surface area (TPSA) is 6.48 Å². The SMILES string of the molecule is CC(C)N1CCC(CC2CCN(C(C)C)CC2)CC1. The van der Waals surface area contributed by atoms with E-state index < -0.39 is 0 Å². The quantitative estimate of drug-likeness (QED) is 0.767. The molecular weight excluding hydrogens is 232 g/mol. The average Bonchev–Trinajstić information content (AvgIpc) is 2.40. The second-order valence-corrected chi connectivity index (χ2v) is 7.38. The van der Waals surface area contributed by atoms with Gasteiger partial charge in [-0.05, 0) is 97.8 Å². The van der Waals surface area contributed by atoms with E-state index in [0.717, 1.165) is 23.9 Å². The Morgan fingerprint density at radius 2 is 1.00 bits per heavy atom. The first-order valence-corrected chi connectivity index (χ1v) is 8.54. The lowest BCUT2D eigenvalue weighted by atomic mass is 9.82. The normalized spacial score (nSPS) is 25.6. The number of piperidine rings is 2. The molecule has 2 aliphatic heterocycles. The molecule has 0 aliphatic carbocycles. The maximum Gasteiger partial charge on any atom is 0.00385 e. The molecule has 0 atom stereocenters. The molecule has 2 fully saturated rings. The smallest absolute Gasteiger partial charge is 0.00385 e. The van der Waals surface area contributed by atoms with Crippen molar-refractivity contribution in [3.05, 3.63) is 0 Å². The fraction of sp³-hybridized carbons (Fsp3) is 1.00. The van der Waals surface area contributed by atoms with Crippen LogP contribution in [-0.4, -0.2) is 48.1 Å². The van der Waals surface area contributed by atoms with Gasteiger partial charge >= 0.3 is 0 Å². The molecule has 2 saturated heterocycles. The van der Waals surface area contributed by atoms with E-state index in [1.165, 1.54) is 58.3 Å². The summed E-state index contributed by atoms with van der Waals surface area (Å²) >= 11 is 0. The Morgan fingerprint density at radius 3 is 1.26 bits per heavy atom. The maximum absolute atomic E-state index is 2.65. The summed E-state index contributed by atoms with van der Waals surface area (Å²) in [6.07, 6.45) is 7.30. The van der Waals surface area contributed by atoms with Crippen molar-refractivity contribution in [1.82, 2.24) is 9.80 Å². The molecule has 2 rings (SSSR count). The summed E-state index contributed by atoms with van der Waals surface area (Å²) in [6.45, 7) is 14.7. The predicted octanol–water partition coefficient (Wildman–Crippen LogP) is 3.62. The van der Waals surface area contributed by atoms with Crippen LogP contribution in [0.4, 0.5) is 0 Å². The molecule has 2 nitrogen and oxygen atoms in total. The van der Waals surface area contributed by atoms with Crippen molar-refractivity contribution in [1.29, 1.82) is 0 Å². The van der Waals surface area contributed by atoms with Crippen LogP contribution in [0.15, 0.2) is 0 Å². The number of hydrogen-bond donors (Lipinski definition) is 0. The second-order valence-electron chi connectivity index (χ2n) is 7.38. The van der Waals surface area contributed by atoms with E-state index in [2.05, 4.69) is 37.5 Å². The van der Waals surface area contributed by atoms with Gasteiger partial charge in [0.1, 0.15) is 0 Å². The summed E-state index contributed by atoms with van der Waals surface area (Å²) in [5.41, 5.74) is 0. The van der Waals surface area contributed by atoms with Gasteiger partial charge in [0.05, 0.1) is 0 Å². The van der Waals surface area contributed by atoms with E-state index in [4.69, 9.17) is 0 Å². The Bertz CT molecular complexity index is 220. The van der Waals surface area contributed by atoms with Gasteiger partial charge in [0.15, 0.2) is 0 Å². The van der Waals surface area contributed by atoms with Crippen molar-refractivity contribution < 1.29 is 0 Å². The zero-order valence-electron chi connectivity index (χ0n) is 13.6. The molecule has 0 radical (unpaired) electrons. The minimum atomic E-state index is 0.746. The van der Waals surface area contributed by atoms with Crippen LogP contribution in [0.2, 0.25) is 0 Å². The van der Waals surface area contributed by atoms with Crippen molar-refractivity contribution in [2.75, 3.05) is 26.2 Å². The number of likely N-dealkylation sites (tertiary alicyclic amines) is 2. The van der Waals surface area contributed by atoms with E-state index in [1.54, 1.807) is 0 Å². The van der Waals surface area contributed by atoms with Crippen LogP contribution in [0.5, 0.6) is 0 Å². The molecule has 0 N–H and O–H groups in total. The van der Waals surface area contributed by atoms with Gasteiger partial charge in [0.2, 0.25) is 0 Å². The minimum Gasteiger partial charge on any atom is -0.301 e. The molecule has 19 heavy (non-hydrogen) atoms. The largest absolute Gasteiger partial charge is 0.301 e. The van der Waals surface area contributed by atoms with Gasteiger partial charge in [0, 0.05) is 12.1 Å². The molecule has 0 spiro atoms. The van der Waals surface area contributed by atoms with Crippen LogP contribution in [0.1, 0.15) is 59.8 Å². The molecule has 2 aliphatic rings. The Hall–Kier alpha value is -0.0800. The Labute approximate surface area is 120 Å². The highest BCUT2D eigenvalue weighted by molar-refractivity contribution is 4.80. The lowest BCUT2D eigenvalue weighted by Gasteiger charge is -2.39. The molecule has 0 aromatic rings. The van der Waals surface area contributed by atoms with E-state index in [-0.39, 0.29) is 0 Å². The zero-order valence-corrected chi connectivity index (χ0v) is 13.6. The highest BCUT2D eigenvalue weighted by Crippen LogP contribution is 2.30. The van der Waals surface area contributed by atoms with Gasteiger partial charge in [-0.3, -0.25) is 0 Å². The standard InChI is InChI=1S/C17H34N2/c1-14(2)18-9-5-16(6-10-18)13-17-7-11-19(12-8-17)15(3)4/h14-17H,5-13H2,1-4H3. The summed E-state index contributed by atoms with van der Waals surface area (Å²) < 4.78 is 0. The van der Waals surface area contributed by atoms with Crippen molar-refractivity contribution in [2.45, 2.75) is 71.9 Å². The Balaban J connectivity index is 1.67. The third kappa shape index (κ3) is 4.46. The first-order chi connectivity index (χ1) is 9.06. The van der Waals surface area contributed by atoms with E-state index in [1.807, 2.05) is 0 Å². The van der Waals surface area contributed by atoms with Gasteiger partial charge in [-0.1, -0.05) is 0 Å². The van der Waals surface area contributed by atoms with Crippen molar-refractivity contribution in [3.63, 3.8) is 0 Å². The highest BCUT2D eigenvalue weighted by Gasteiger charge is 2.26. The van der Waals surface area contributed by atoms with Crippen LogP contribution in [0.25, 0.3) is 0 Å². The highest BCUT2D eigenvalue weighted by atomic mass is 15.2. The molecule has 0 unspecified atom stereocenters. The lowest BCUT2D eigenvalue weighted by molar-refractivity contribution is 0.107. The van der Waals surface area contributed by atoms with Crippen LogP contribution in [-0.2, 0) is 0 Å². The predicted molar refractivity (Wildman–Crippen MR) is 83.5 cm³/mol. The summed E-state index contributed by atoms with van der Waals surface area (Å²) in [4.78, 5) is 5.30. The molecule has 0 amide bonds. The summed E-state index contributed by atoms with van der Waals surface area (Å²) in [7, 11) is 0. The van der Waals surface area contributed by atoms with Gasteiger partial charge in [-0.25, -0.2) is 0 Å². The van der Waals surface area contributed by atoms with Crippen LogP contribution >= 0.6 is 0 Å². The third-order valence-electron chi connectivity index (χ3n) is 5.43. The fourth-order valence-electron chi connectivity index (χ4n) is 3.88. The van der Waals surface area contributed by atoms with E-state index in [0.29, 0.717) is 0 Å². The number of rotatable bonds is 4. The monoisotopic (exact) mass is 266 g/mol. The van der Waals surface area contributed by atoms with Crippen molar-refractivity contribution in [2.24, 2.45) is 11.8 Å². The molecule has 0 bridgehead atoms. The van der Waals surface area contributed by atoms with Gasteiger partial charge in [0.25, 0.3) is 0 Å². The number of nitrogens with zero attached hydrogens (tertiary/aromatic N) is 2. The molecule has 0 saturated carbocycles. The summed E-state index contributed by atoms with van der Waals surface area (Å²) in [6, 6.07) is 1.49. The molecule has 2 heterocycles. The van der Waals surface area contributed by atoms with E-state index >= 15 is 0 Å². The Morgan fingerprint density at radius 1 is 0.684 bits per heavy atom. The number of hydrogen-bond acceptors (Lipinski definition) is 2. The molecule has 2 heteroatoms. The molecule has 0 aromatic heterocycles. The Kier molecular flexibility index (Phi) is 5.70. The first-order valence-electron chi connectivity index (χ1n) is 8.54. The molecular formula is C17H34N2. The average molecular weight is 266 g/mol. The summed E-state index contributed by atoms with van der Waals surface area (Å²) in [5.74, 6) is 2.04. The summed E-state index contributed by atoms with van der Waals surface area (Å²) in [5, 5.41) is 0. The van der Waals surface area contributed by atoms with Crippen molar-refractivity contribution >= 4 is 0 Å². The first kappa shape index (κ1) is 15.3. The third-order valence-corrected chi connectivity index (χ3v) is 5.43. The van der Waals surface area contributed by atoms with Crippen LogP contribution in [0, 0.1) is 11.8 Å². The van der Waals surface area contributed by atoms with E-state index in [9.17, 15) is 0 Å². The maximum atomic E-state index is 2.65. The van der Waals surface area contributed by atoms with Crippen LogP contribution in [0.3, 0.4) is 0 Å². The molecule has 0 aromatic carbocycles. The van der Waals surface area contributed by atoms with Gasteiger partial charge in [-0.2, -0.15) is 0 Å². The van der Waals surface area contributed by atoms with Crippen molar-refractivity contribution in [3.8, 4) is 0 Å². The second kappa shape index (κ2) is 7.08. The zero-order chi connectivity index (χ0) is 13.8. The van der Waals surface area contributed by atoms with Crippen LogP contribution < -0.4 is 0 Å². The fourth-order valence-corrected chi connectivity index (χ4v) is 3.88. The minimum absolute atomic E-state index is 0.746. The van der Waals surface area contributed by atoms with Gasteiger partial charge in [-0.15, -0.1) is 0 Å².